The molecule has 6 nitrogen and oxygen atoms in total. The largest absolute Gasteiger partial charge is 0.351 e. The van der Waals surface area contributed by atoms with Gasteiger partial charge in [-0.25, -0.2) is 9.78 Å². The summed E-state index contributed by atoms with van der Waals surface area (Å²) < 4.78 is 0. The van der Waals surface area contributed by atoms with Crippen molar-refractivity contribution in [2.24, 2.45) is 5.73 Å². The number of primary amides is 1. The molecule has 3 rings (SSSR count). The Morgan fingerprint density at radius 3 is 2.56 bits per heavy atom. The van der Waals surface area contributed by atoms with Crippen LogP contribution in [-0.4, -0.2) is 16.9 Å². The van der Waals surface area contributed by atoms with Gasteiger partial charge in [0.05, 0.1) is 5.69 Å². The number of aromatic nitrogens is 1. The fourth-order valence-electron chi connectivity index (χ4n) is 2.13. The van der Waals surface area contributed by atoms with E-state index in [0.717, 1.165) is 11.3 Å². The van der Waals surface area contributed by atoms with E-state index in [1.807, 2.05) is 17.5 Å². The summed E-state index contributed by atoms with van der Waals surface area (Å²) in [6.07, 6.45) is 0. The molecule has 0 atom stereocenters. The molecular formula is C17H13ClN4O2S. The number of hydrogen-bond donors (Lipinski definition) is 3. The molecule has 0 radical (unpaired) electrons. The lowest BCUT2D eigenvalue weighted by atomic mass is 10.2. The second-order valence-electron chi connectivity index (χ2n) is 5.07. The maximum absolute atomic E-state index is 12.3. The summed E-state index contributed by atoms with van der Waals surface area (Å²) in [5.41, 5.74) is 7.57. The molecule has 8 heteroatoms. The van der Waals surface area contributed by atoms with Crippen molar-refractivity contribution in [2.75, 3.05) is 10.6 Å². The second kappa shape index (κ2) is 7.33. The predicted molar refractivity (Wildman–Crippen MR) is 100 cm³/mol. The second-order valence-corrected chi connectivity index (χ2v) is 6.36. The average molecular weight is 373 g/mol. The number of carbonyl (C=O) groups is 2. The first-order valence-corrected chi connectivity index (χ1v) is 8.46. The third kappa shape index (κ3) is 4.34. The molecule has 0 fully saturated rings. The molecule has 0 aliphatic heterocycles. The highest BCUT2D eigenvalue weighted by atomic mass is 35.5. The van der Waals surface area contributed by atoms with Gasteiger partial charge in [0, 0.05) is 27.2 Å². The van der Waals surface area contributed by atoms with Gasteiger partial charge in [0.15, 0.2) is 5.13 Å². The lowest BCUT2D eigenvalue weighted by molar-refractivity contribution is 0.102. The summed E-state index contributed by atoms with van der Waals surface area (Å²) in [5.74, 6) is -0.329. The molecule has 4 N–H and O–H groups in total. The van der Waals surface area contributed by atoms with Crippen LogP contribution in [0.3, 0.4) is 0 Å². The molecule has 0 saturated carbocycles. The number of nitrogens with two attached hydrogens (primary N) is 1. The smallest absolute Gasteiger partial charge is 0.316 e. The maximum atomic E-state index is 12.3. The number of nitrogens with one attached hydrogen (secondary N) is 2. The first kappa shape index (κ1) is 16.9. The first-order chi connectivity index (χ1) is 12.0. The Kier molecular flexibility index (Phi) is 4.97. The predicted octanol–water partition coefficient (Wildman–Crippen LogP) is 4.21. The van der Waals surface area contributed by atoms with Crippen molar-refractivity contribution in [1.29, 1.82) is 0 Å². The molecule has 1 heterocycles. The molecule has 1 aromatic heterocycles. The number of nitrogens with zero attached hydrogens (tertiary/aromatic N) is 1. The van der Waals surface area contributed by atoms with Crippen molar-refractivity contribution in [2.45, 2.75) is 0 Å². The van der Waals surface area contributed by atoms with Crippen molar-refractivity contribution in [3.8, 4) is 11.3 Å². The number of halogens is 1. The zero-order chi connectivity index (χ0) is 17.8. The molecule has 0 spiro atoms. The highest BCUT2D eigenvalue weighted by molar-refractivity contribution is 7.14. The Bertz CT molecular complexity index is 924. The average Bonchev–Trinajstić information content (AvgIpc) is 3.03. The fraction of sp³-hybridized carbons (Fsp3) is 0. The van der Waals surface area contributed by atoms with E-state index in [-0.39, 0.29) is 5.91 Å². The number of rotatable bonds is 4. The van der Waals surface area contributed by atoms with E-state index in [0.29, 0.717) is 21.4 Å². The van der Waals surface area contributed by atoms with Gasteiger partial charge < -0.3 is 11.1 Å². The topological polar surface area (TPSA) is 97.1 Å². The minimum atomic E-state index is -0.690. The minimum Gasteiger partial charge on any atom is -0.351 e. The van der Waals surface area contributed by atoms with Gasteiger partial charge in [-0.05, 0) is 30.3 Å². The molecule has 126 valence electrons. The SMILES string of the molecule is NC(=O)Nc1cccc(C(=O)Nc2nc(-c3ccc(Cl)cc3)cs2)c1. The van der Waals surface area contributed by atoms with E-state index >= 15 is 0 Å². The number of thiazole rings is 1. The number of benzene rings is 2. The van der Waals surface area contributed by atoms with Crippen molar-refractivity contribution in [3.63, 3.8) is 0 Å². The number of urea groups is 1. The molecule has 0 aliphatic carbocycles. The van der Waals surface area contributed by atoms with Crippen LogP contribution in [0.4, 0.5) is 15.6 Å². The van der Waals surface area contributed by atoms with E-state index in [1.54, 1.807) is 30.3 Å². The van der Waals surface area contributed by atoms with E-state index in [2.05, 4.69) is 15.6 Å². The zero-order valence-electron chi connectivity index (χ0n) is 12.8. The van der Waals surface area contributed by atoms with Crippen LogP contribution in [0.1, 0.15) is 10.4 Å². The van der Waals surface area contributed by atoms with Crippen LogP contribution in [0.2, 0.25) is 5.02 Å². The normalized spacial score (nSPS) is 10.3. The van der Waals surface area contributed by atoms with Gasteiger partial charge in [0.25, 0.3) is 5.91 Å². The molecule has 25 heavy (non-hydrogen) atoms. The summed E-state index contributed by atoms with van der Waals surface area (Å²) in [7, 11) is 0. The zero-order valence-corrected chi connectivity index (χ0v) is 14.4. The van der Waals surface area contributed by atoms with Crippen molar-refractivity contribution in [3.05, 3.63) is 64.5 Å². The summed E-state index contributed by atoms with van der Waals surface area (Å²) in [4.78, 5) is 27.6. The fourth-order valence-corrected chi connectivity index (χ4v) is 2.97. The Labute approximate surface area is 152 Å². The quantitative estimate of drug-likeness (QED) is 0.640. The van der Waals surface area contributed by atoms with Crippen molar-refractivity contribution in [1.82, 2.24) is 4.98 Å². The standard InChI is InChI=1S/C17H13ClN4O2S/c18-12-6-4-10(5-7-12)14-9-25-17(21-14)22-15(23)11-2-1-3-13(8-11)20-16(19)24/h1-9H,(H3,19,20,24)(H,21,22,23). The van der Waals surface area contributed by atoms with E-state index in [9.17, 15) is 9.59 Å². The van der Waals surface area contributed by atoms with E-state index < -0.39 is 6.03 Å². The van der Waals surface area contributed by atoms with Crippen LogP contribution < -0.4 is 16.4 Å². The lowest BCUT2D eigenvalue weighted by Crippen LogP contribution is -2.19. The molecular weight excluding hydrogens is 360 g/mol. The summed E-state index contributed by atoms with van der Waals surface area (Å²) in [6, 6.07) is 13.1. The van der Waals surface area contributed by atoms with E-state index in [1.165, 1.54) is 17.4 Å². The summed E-state index contributed by atoms with van der Waals surface area (Å²) in [6.45, 7) is 0. The highest BCUT2D eigenvalue weighted by Crippen LogP contribution is 2.26. The highest BCUT2D eigenvalue weighted by Gasteiger charge is 2.11. The monoisotopic (exact) mass is 372 g/mol. The first-order valence-electron chi connectivity index (χ1n) is 7.20. The minimum absolute atomic E-state index is 0.329. The number of amides is 3. The molecule has 0 aliphatic rings. The number of hydrogen-bond acceptors (Lipinski definition) is 4. The van der Waals surface area contributed by atoms with Crippen LogP contribution in [0.5, 0.6) is 0 Å². The van der Waals surface area contributed by atoms with Gasteiger partial charge in [-0.2, -0.15) is 0 Å². The van der Waals surface area contributed by atoms with Gasteiger partial charge in [-0.1, -0.05) is 29.8 Å². The van der Waals surface area contributed by atoms with Crippen LogP contribution in [0.15, 0.2) is 53.9 Å². The number of carbonyl (C=O) groups excluding carboxylic acids is 2. The van der Waals surface area contributed by atoms with Crippen molar-refractivity contribution < 1.29 is 9.59 Å². The molecule has 0 unspecified atom stereocenters. The van der Waals surface area contributed by atoms with Gasteiger partial charge in [0.1, 0.15) is 0 Å². The molecule has 2 aromatic carbocycles. The molecule has 3 aromatic rings. The van der Waals surface area contributed by atoms with Gasteiger partial charge in [-0.3, -0.25) is 10.1 Å². The van der Waals surface area contributed by atoms with Crippen molar-refractivity contribution >= 4 is 45.7 Å². The lowest BCUT2D eigenvalue weighted by Gasteiger charge is -2.05. The van der Waals surface area contributed by atoms with Gasteiger partial charge >= 0.3 is 6.03 Å². The molecule has 0 bridgehead atoms. The Balaban J connectivity index is 1.73. The van der Waals surface area contributed by atoms with Crippen LogP contribution in [-0.2, 0) is 0 Å². The third-order valence-electron chi connectivity index (χ3n) is 3.26. The van der Waals surface area contributed by atoms with Gasteiger partial charge in [-0.15, -0.1) is 11.3 Å². The summed E-state index contributed by atoms with van der Waals surface area (Å²) >= 11 is 7.20. The summed E-state index contributed by atoms with van der Waals surface area (Å²) in [5, 5.41) is 8.14. The van der Waals surface area contributed by atoms with Gasteiger partial charge in [0.2, 0.25) is 0 Å². The molecule has 0 saturated heterocycles. The Morgan fingerprint density at radius 2 is 1.84 bits per heavy atom. The third-order valence-corrected chi connectivity index (χ3v) is 4.27. The Morgan fingerprint density at radius 1 is 1.08 bits per heavy atom. The maximum Gasteiger partial charge on any atom is 0.316 e. The number of anilines is 2. The molecule has 3 amide bonds. The van der Waals surface area contributed by atoms with Crippen LogP contribution >= 0.6 is 22.9 Å². The van der Waals surface area contributed by atoms with Crippen LogP contribution in [0, 0.1) is 0 Å². The van der Waals surface area contributed by atoms with E-state index in [4.69, 9.17) is 17.3 Å². The van der Waals surface area contributed by atoms with Crippen LogP contribution in [0.25, 0.3) is 11.3 Å². The Hall–Kier alpha value is -2.90.